The van der Waals surface area contributed by atoms with Gasteiger partial charge in [-0.3, -0.25) is 9.59 Å². The molecule has 0 heterocycles. The second-order valence-electron chi connectivity index (χ2n) is 7.50. The molecule has 0 radical (unpaired) electrons. The Bertz CT molecular complexity index is 815. The van der Waals surface area contributed by atoms with Crippen molar-refractivity contribution in [1.82, 2.24) is 5.32 Å². The molecule has 2 rings (SSSR count). The van der Waals surface area contributed by atoms with E-state index in [2.05, 4.69) is 43.5 Å². The second-order valence-corrected chi connectivity index (χ2v) is 7.50. The number of hydrogen-bond donors (Lipinski definition) is 2. The van der Waals surface area contributed by atoms with Crippen LogP contribution in [-0.2, 0) is 10.2 Å². The highest BCUT2D eigenvalue weighted by atomic mass is 16.2. The third-order valence-electron chi connectivity index (χ3n) is 4.17. The molecule has 0 aliphatic heterocycles. The summed E-state index contributed by atoms with van der Waals surface area (Å²) in [6.45, 7) is 9.09. The van der Waals surface area contributed by atoms with E-state index in [9.17, 15) is 9.59 Å². The highest BCUT2D eigenvalue weighted by molar-refractivity contribution is 6.07. The Balaban J connectivity index is 2.05. The van der Waals surface area contributed by atoms with Gasteiger partial charge in [0.2, 0.25) is 5.91 Å². The third-order valence-corrected chi connectivity index (χ3v) is 4.17. The summed E-state index contributed by atoms with van der Waals surface area (Å²) in [5, 5.41) is 5.62. The van der Waals surface area contributed by atoms with Crippen LogP contribution in [0, 0.1) is 0 Å². The summed E-state index contributed by atoms with van der Waals surface area (Å²) in [6, 6.07) is 15.1. The number of nitrogens with one attached hydrogen (secondary N) is 2. The van der Waals surface area contributed by atoms with Gasteiger partial charge >= 0.3 is 0 Å². The minimum Gasteiger partial charge on any atom is -0.352 e. The maximum Gasteiger partial charge on any atom is 0.253 e. The van der Waals surface area contributed by atoms with Crippen molar-refractivity contribution in [3.05, 3.63) is 71.3 Å². The Morgan fingerprint density at radius 2 is 1.67 bits per heavy atom. The van der Waals surface area contributed by atoms with Crippen LogP contribution in [0.5, 0.6) is 0 Å². The SMILES string of the molecule is CCCNC(=O)c1ccccc1NC(=O)/C=C/c1ccc(C(C)(C)C)cc1. The maximum atomic E-state index is 12.3. The molecular weight excluding hydrogens is 336 g/mol. The van der Waals surface area contributed by atoms with Crippen LogP contribution in [-0.4, -0.2) is 18.4 Å². The first-order valence-electron chi connectivity index (χ1n) is 9.28. The van der Waals surface area contributed by atoms with Gasteiger partial charge in [0.25, 0.3) is 5.91 Å². The Hall–Kier alpha value is -2.88. The molecule has 0 aromatic heterocycles. The highest BCUT2D eigenvalue weighted by Crippen LogP contribution is 2.22. The van der Waals surface area contributed by atoms with E-state index in [0.29, 0.717) is 17.8 Å². The van der Waals surface area contributed by atoms with E-state index in [1.807, 2.05) is 19.1 Å². The van der Waals surface area contributed by atoms with Crippen molar-refractivity contribution in [1.29, 1.82) is 0 Å². The number of rotatable bonds is 6. The molecule has 0 aliphatic carbocycles. The van der Waals surface area contributed by atoms with E-state index < -0.39 is 0 Å². The molecule has 0 spiro atoms. The quantitative estimate of drug-likeness (QED) is 0.725. The standard InChI is InChI=1S/C23H28N2O2/c1-5-16-24-22(27)19-8-6-7-9-20(19)25-21(26)15-12-17-10-13-18(14-11-17)23(2,3)4/h6-15H,5,16H2,1-4H3,(H,24,27)(H,25,26)/b15-12+. The van der Waals surface area contributed by atoms with E-state index in [1.165, 1.54) is 11.6 Å². The van der Waals surface area contributed by atoms with Gasteiger partial charge in [0.15, 0.2) is 0 Å². The number of carbonyl (C=O) groups is 2. The fourth-order valence-electron chi connectivity index (χ4n) is 2.56. The van der Waals surface area contributed by atoms with Crippen molar-refractivity contribution in [3.8, 4) is 0 Å². The fraction of sp³-hybridized carbons (Fsp3) is 0.304. The minimum absolute atomic E-state index is 0.0989. The molecule has 2 aromatic carbocycles. The molecule has 2 aromatic rings. The first-order valence-corrected chi connectivity index (χ1v) is 9.28. The van der Waals surface area contributed by atoms with Crippen LogP contribution in [0.3, 0.4) is 0 Å². The van der Waals surface area contributed by atoms with Crippen LogP contribution in [0.25, 0.3) is 6.08 Å². The van der Waals surface area contributed by atoms with E-state index in [4.69, 9.17) is 0 Å². The zero-order chi connectivity index (χ0) is 19.9. The summed E-state index contributed by atoms with van der Waals surface area (Å²) in [5.74, 6) is -0.458. The van der Waals surface area contributed by atoms with Gasteiger partial charge in [0, 0.05) is 12.6 Å². The van der Waals surface area contributed by atoms with Crippen LogP contribution in [0.15, 0.2) is 54.6 Å². The highest BCUT2D eigenvalue weighted by Gasteiger charge is 2.13. The van der Waals surface area contributed by atoms with Crippen LogP contribution >= 0.6 is 0 Å². The number of amides is 2. The lowest BCUT2D eigenvalue weighted by molar-refractivity contribution is -0.111. The summed E-state index contributed by atoms with van der Waals surface area (Å²) < 4.78 is 0. The van der Waals surface area contributed by atoms with Gasteiger partial charge in [-0.2, -0.15) is 0 Å². The molecule has 0 atom stereocenters. The smallest absolute Gasteiger partial charge is 0.253 e. The van der Waals surface area contributed by atoms with Crippen molar-refractivity contribution in [2.24, 2.45) is 0 Å². The van der Waals surface area contributed by atoms with Gasteiger partial charge in [-0.25, -0.2) is 0 Å². The summed E-state index contributed by atoms with van der Waals surface area (Å²) in [7, 11) is 0. The first kappa shape index (κ1) is 20.4. The van der Waals surface area contributed by atoms with Gasteiger partial charge in [0.1, 0.15) is 0 Å². The molecule has 142 valence electrons. The first-order chi connectivity index (χ1) is 12.8. The van der Waals surface area contributed by atoms with Crippen LogP contribution in [0.4, 0.5) is 5.69 Å². The average Bonchev–Trinajstić information content (AvgIpc) is 2.64. The molecule has 0 saturated carbocycles. The van der Waals surface area contributed by atoms with Crippen molar-refractivity contribution in [2.75, 3.05) is 11.9 Å². The van der Waals surface area contributed by atoms with Gasteiger partial charge in [-0.05, 0) is 41.2 Å². The Morgan fingerprint density at radius 1 is 1.00 bits per heavy atom. The Kier molecular flexibility index (Phi) is 6.94. The molecule has 4 nitrogen and oxygen atoms in total. The van der Waals surface area contributed by atoms with Gasteiger partial charge < -0.3 is 10.6 Å². The van der Waals surface area contributed by atoms with Crippen LogP contribution in [0.1, 0.15) is 55.6 Å². The molecule has 4 heteroatoms. The van der Waals surface area contributed by atoms with Crippen LogP contribution in [0.2, 0.25) is 0 Å². The van der Waals surface area contributed by atoms with E-state index >= 15 is 0 Å². The van der Waals surface area contributed by atoms with E-state index in [1.54, 1.807) is 30.3 Å². The lowest BCUT2D eigenvalue weighted by Crippen LogP contribution is -2.25. The molecular formula is C23H28N2O2. The molecule has 2 N–H and O–H groups in total. The Labute approximate surface area is 161 Å². The number of hydrogen-bond acceptors (Lipinski definition) is 2. The molecule has 0 aliphatic rings. The average molecular weight is 364 g/mol. The largest absolute Gasteiger partial charge is 0.352 e. The minimum atomic E-state index is -0.273. The Morgan fingerprint density at radius 3 is 2.30 bits per heavy atom. The molecule has 2 amide bonds. The zero-order valence-electron chi connectivity index (χ0n) is 16.5. The van der Waals surface area contributed by atoms with Crippen LogP contribution < -0.4 is 10.6 Å². The number of para-hydroxylation sites is 1. The van der Waals surface area contributed by atoms with Crippen molar-refractivity contribution in [3.63, 3.8) is 0 Å². The van der Waals surface area contributed by atoms with Gasteiger partial charge in [0.05, 0.1) is 11.3 Å². The lowest BCUT2D eigenvalue weighted by atomic mass is 9.87. The maximum absolute atomic E-state index is 12.3. The lowest BCUT2D eigenvalue weighted by Gasteiger charge is -2.18. The summed E-state index contributed by atoms with van der Waals surface area (Å²) in [5.41, 5.74) is 3.26. The summed E-state index contributed by atoms with van der Waals surface area (Å²) in [6.07, 6.45) is 4.10. The molecule has 27 heavy (non-hydrogen) atoms. The molecule has 0 fully saturated rings. The predicted octanol–water partition coefficient (Wildman–Crippen LogP) is 4.78. The van der Waals surface area contributed by atoms with Crippen molar-refractivity contribution < 1.29 is 9.59 Å². The van der Waals surface area contributed by atoms with Gasteiger partial charge in [-0.1, -0.05) is 64.1 Å². The fourth-order valence-corrected chi connectivity index (χ4v) is 2.56. The number of benzene rings is 2. The van der Waals surface area contributed by atoms with E-state index in [0.717, 1.165) is 12.0 Å². The normalized spacial score (nSPS) is 11.4. The molecule has 0 saturated heterocycles. The summed E-state index contributed by atoms with van der Waals surface area (Å²) in [4.78, 5) is 24.5. The van der Waals surface area contributed by atoms with Crippen molar-refractivity contribution >= 4 is 23.6 Å². The topological polar surface area (TPSA) is 58.2 Å². The van der Waals surface area contributed by atoms with Gasteiger partial charge in [-0.15, -0.1) is 0 Å². The second kappa shape index (κ2) is 9.17. The zero-order valence-corrected chi connectivity index (χ0v) is 16.5. The molecule has 0 unspecified atom stereocenters. The van der Waals surface area contributed by atoms with Crippen molar-refractivity contribution in [2.45, 2.75) is 39.5 Å². The monoisotopic (exact) mass is 364 g/mol. The predicted molar refractivity (Wildman–Crippen MR) is 112 cm³/mol. The molecule has 0 bridgehead atoms. The third kappa shape index (κ3) is 6.10. The number of anilines is 1. The van der Waals surface area contributed by atoms with E-state index in [-0.39, 0.29) is 17.2 Å². The summed E-state index contributed by atoms with van der Waals surface area (Å²) >= 11 is 0. The number of carbonyl (C=O) groups excluding carboxylic acids is 2.